The molecule has 10 rings (SSSR count). The molecule has 3 fully saturated rings. The molecule has 2 atom stereocenters. The molecule has 0 spiro atoms. The molecule has 1 aromatic heterocycles. The summed E-state index contributed by atoms with van der Waals surface area (Å²) in [5.74, 6) is 2.18. The van der Waals surface area contributed by atoms with Crippen molar-refractivity contribution in [3.05, 3.63) is 171 Å². The highest BCUT2D eigenvalue weighted by Gasteiger charge is 2.27. The summed E-state index contributed by atoms with van der Waals surface area (Å²) < 4.78 is 0. The van der Waals surface area contributed by atoms with Crippen molar-refractivity contribution in [3.8, 4) is 0 Å². The standard InChI is InChI=1S/C19H26N4.C15H21NO.C15H19NO.C15H22.C7H10ClNO/c1-3-15-9-6-7-10-16(15)17-11-5-4-8-12-23(17)18-13-14(2)21-19(20)22-18;2*1-2-13-8-5-6-9-14(13)15-10-4-3-7-11-16(15)12-17;1-2-13-9-7-8-12-15(13)14-10-5-3-4-6-11-14;8-7-4-2-1-3-5-9(7)6-10/h6-7,9-10,13,17H,3-5,8,11-12H2,1-2H3,(H2,20,21,22);5-6,8-9,12,15H,2-4,7,10-11H2,1H3;5-6,8-10,12H,2-4,7,11H2,1H3;7-9,12,14H,2-6,10-11H2,1H3;4,6H,1-3,5H2. The summed E-state index contributed by atoms with van der Waals surface area (Å²) in [6, 6.07) is 37.5. The van der Waals surface area contributed by atoms with Gasteiger partial charge in [0.05, 0.1) is 12.1 Å². The largest absolute Gasteiger partial charge is 0.368 e. The van der Waals surface area contributed by atoms with Gasteiger partial charge in [0.1, 0.15) is 11.0 Å². The van der Waals surface area contributed by atoms with Gasteiger partial charge in [0.25, 0.3) is 0 Å². The van der Waals surface area contributed by atoms with Gasteiger partial charge in [-0.3, -0.25) is 14.4 Å². The summed E-state index contributed by atoms with van der Waals surface area (Å²) in [6.07, 6.45) is 35.9. The molecular formula is C71H98ClN7O3. The lowest BCUT2D eigenvalue weighted by atomic mass is 9.88. The van der Waals surface area contributed by atoms with E-state index in [4.69, 9.17) is 17.3 Å². The van der Waals surface area contributed by atoms with E-state index in [9.17, 15) is 14.4 Å². The van der Waals surface area contributed by atoms with Crippen LogP contribution in [0.4, 0.5) is 11.8 Å². The fourth-order valence-electron chi connectivity index (χ4n) is 12.6. The first-order chi connectivity index (χ1) is 40.2. The third-order valence-corrected chi connectivity index (χ3v) is 17.4. The molecule has 5 aliphatic rings. The van der Waals surface area contributed by atoms with Crippen LogP contribution in [-0.4, -0.2) is 70.1 Å². The molecule has 2 unspecified atom stereocenters. The Morgan fingerprint density at radius 1 is 0.500 bits per heavy atom. The molecule has 4 aromatic carbocycles. The monoisotopic (exact) mass is 1130 g/mol. The van der Waals surface area contributed by atoms with Crippen LogP contribution in [0.15, 0.2) is 120 Å². The lowest BCUT2D eigenvalue weighted by Crippen LogP contribution is -2.30. The smallest absolute Gasteiger partial charge is 0.222 e. The zero-order valence-corrected chi connectivity index (χ0v) is 51.4. The van der Waals surface area contributed by atoms with Crippen LogP contribution >= 0.6 is 11.6 Å². The lowest BCUT2D eigenvalue weighted by molar-refractivity contribution is -0.120. The number of benzene rings is 4. The molecule has 4 aliphatic heterocycles. The van der Waals surface area contributed by atoms with Crippen molar-refractivity contribution >= 4 is 48.3 Å². The van der Waals surface area contributed by atoms with Gasteiger partial charge in [-0.05, 0) is 161 Å². The number of allylic oxidation sites excluding steroid dienone is 2. The average molecular weight is 1130 g/mol. The highest BCUT2D eigenvalue weighted by atomic mass is 35.5. The number of carbonyl (C=O) groups excluding carboxylic acids is 3. The van der Waals surface area contributed by atoms with Gasteiger partial charge >= 0.3 is 0 Å². The van der Waals surface area contributed by atoms with Crippen LogP contribution in [0.5, 0.6) is 0 Å². The average Bonchev–Trinajstić information content (AvgIpc) is 4.35. The molecule has 3 amide bonds. The number of nitrogens with two attached hydrogens (primary N) is 1. The van der Waals surface area contributed by atoms with Gasteiger partial charge in [0.15, 0.2) is 0 Å². The number of halogens is 1. The predicted octanol–water partition coefficient (Wildman–Crippen LogP) is 17.0. The van der Waals surface area contributed by atoms with Gasteiger partial charge in [-0.2, -0.15) is 4.98 Å². The molecule has 1 saturated carbocycles. The second kappa shape index (κ2) is 36.3. The van der Waals surface area contributed by atoms with E-state index in [-0.39, 0.29) is 0 Å². The number of likely N-dealkylation sites (tertiary alicyclic amines) is 1. The van der Waals surface area contributed by atoms with E-state index in [0.29, 0.717) is 23.2 Å². The van der Waals surface area contributed by atoms with Crippen molar-refractivity contribution in [3.63, 3.8) is 0 Å². The molecule has 442 valence electrons. The zero-order chi connectivity index (χ0) is 58.3. The van der Waals surface area contributed by atoms with Crippen molar-refractivity contribution < 1.29 is 14.4 Å². The van der Waals surface area contributed by atoms with E-state index < -0.39 is 0 Å². The topological polar surface area (TPSA) is 116 Å². The molecule has 82 heavy (non-hydrogen) atoms. The summed E-state index contributed by atoms with van der Waals surface area (Å²) in [5, 5.41) is 0.576. The molecule has 2 N–H and O–H groups in total. The van der Waals surface area contributed by atoms with E-state index >= 15 is 0 Å². The number of carbonyl (C=O) groups is 3. The Labute approximate surface area is 499 Å². The molecule has 2 saturated heterocycles. The number of hydrogen-bond donors (Lipinski definition) is 1. The van der Waals surface area contributed by atoms with Crippen LogP contribution in [0.2, 0.25) is 0 Å². The molecule has 0 radical (unpaired) electrons. The number of aryl methyl sites for hydroxylation is 5. The maximum absolute atomic E-state index is 11.2. The third-order valence-electron chi connectivity index (χ3n) is 17.0. The van der Waals surface area contributed by atoms with Crippen LogP contribution in [0.3, 0.4) is 0 Å². The summed E-state index contributed by atoms with van der Waals surface area (Å²) >= 11 is 5.74. The first-order valence-corrected chi connectivity index (χ1v) is 32.0. The van der Waals surface area contributed by atoms with Crippen LogP contribution in [0, 0.1) is 6.92 Å². The minimum Gasteiger partial charge on any atom is -0.368 e. The van der Waals surface area contributed by atoms with Gasteiger partial charge in [0, 0.05) is 49.2 Å². The minimum absolute atomic E-state index is 0.297. The Balaban J connectivity index is 0.000000168. The number of rotatable bonds is 12. The predicted molar refractivity (Wildman–Crippen MR) is 343 cm³/mol. The SMILES string of the molecule is CCc1ccccc1C1=CCCCCN1C=O.CCc1ccccc1C1CCCCCC1.CCc1ccccc1C1CCCCCN1C=O.CCc1ccccc1C1CCCCCN1c1cc(C)nc(N)n1.O=CN1CCCCC=C1Cl. The molecule has 5 heterocycles. The van der Waals surface area contributed by atoms with E-state index in [1.54, 1.807) is 11.1 Å². The number of nitrogens with zero attached hydrogens (tertiary/aromatic N) is 6. The Kier molecular flexibility index (Phi) is 28.8. The molecule has 5 aromatic rings. The first kappa shape index (κ1) is 64.9. The number of hydrogen-bond acceptors (Lipinski definition) is 7. The molecule has 0 bridgehead atoms. The molecule has 10 nitrogen and oxygen atoms in total. The molecule has 11 heteroatoms. The van der Waals surface area contributed by atoms with Crippen LogP contribution in [-0.2, 0) is 40.1 Å². The normalized spacial score (nSPS) is 18.8. The van der Waals surface area contributed by atoms with Gasteiger partial charge in [0.2, 0.25) is 25.2 Å². The summed E-state index contributed by atoms with van der Waals surface area (Å²) in [6.45, 7) is 14.4. The minimum atomic E-state index is 0.297. The summed E-state index contributed by atoms with van der Waals surface area (Å²) in [7, 11) is 0. The van der Waals surface area contributed by atoms with Crippen molar-refractivity contribution in [2.24, 2.45) is 0 Å². The van der Waals surface area contributed by atoms with Crippen LogP contribution in [0.25, 0.3) is 5.70 Å². The highest BCUT2D eigenvalue weighted by Crippen LogP contribution is 2.37. The maximum atomic E-state index is 11.2. The van der Waals surface area contributed by atoms with E-state index in [2.05, 4.69) is 146 Å². The first-order valence-electron chi connectivity index (χ1n) is 31.6. The lowest BCUT2D eigenvalue weighted by Gasteiger charge is -2.33. The van der Waals surface area contributed by atoms with E-state index in [1.807, 2.05) is 28.9 Å². The fourth-order valence-corrected chi connectivity index (χ4v) is 12.8. The number of nitrogen functional groups attached to an aromatic ring is 1. The molecule has 1 aliphatic carbocycles. The quantitative estimate of drug-likeness (QED) is 0.0751. The Morgan fingerprint density at radius 2 is 0.976 bits per heavy atom. The molecular weight excluding hydrogens is 1030 g/mol. The fraction of sp³-hybridized carbons (Fsp3) is 0.507. The third kappa shape index (κ3) is 19.7. The Hall–Kier alpha value is -6.26. The Bertz CT molecular complexity index is 2730. The second-order valence-corrected chi connectivity index (χ2v) is 22.9. The van der Waals surface area contributed by atoms with Crippen LogP contribution < -0.4 is 10.6 Å². The van der Waals surface area contributed by atoms with E-state index in [1.165, 1.54) is 128 Å². The highest BCUT2D eigenvalue weighted by molar-refractivity contribution is 6.29. The van der Waals surface area contributed by atoms with Gasteiger partial charge in [-0.1, -0.05) is 194 Å². The maximum Gasteiger partial charge on any atom is 0.222 e. The van der Waals surface area contributed by atoms with Crippen molar-refractivity contribution in [2.75, 3.05) is 36.8 Å². The summed E-state index contributed by atoms with van der Waals surface area (Å²) in [5.41, 5.74) is 19.3. The number of aromatic nitrogens is 2. The Morgan fingerprint density at radius 3 is 1.56 bits per heavy atom. The second-order valence-electron chi connectivity index (χ2n) is 22.6. The van der Waals surface area contributed by atoms with Gasteiger partial charge < -0.3 is 25.3 Å². The van der Waals surface area contributed by atoms with Crippen molar-refractivity contribution in [2.45, 2.75) is 207 Å². The van der Waals surface area contributed by atoms with E-state index in [0.717, 1.165) is 133 Å². The number of anilines is 2. The zero-order valence-electron chi connectivity index (χ0n) is 50.6. The van der Waals surface area contributed by atoms with Crippen molar-refractivity contribution in [1.29, 1.82) is 0 Å². The number of amides is 3. The van der Waals surface area contributed by atoms with Gasteiger partial charge in [-0.25, -0.2) is 4.98 Å². The summed E-state index contributed by atoms with van der Waals surface area (Å²) in [4.78, 5) is 49.3. The van der Waals surface area contributed by atoms with Crippen LogP contribution in [0.1, 0.15) is 224 Å². The van der Waals surface area contributed by atoms with Crippen molar-refractivity contribution in [1.82, 2.24) is 24.7 Å². The van der Waals surface area contributed by atoms with Gasteiger partial charge in [-0.15, -0.1) is 0 Å².